The molecule has 0 bridgehead atoms. The molecule has 0 saturated heterocycles. The van der Waals surface area contributed by atoms with Gasteiger partial charge in [0.1, 0.15) is 0 Å². The number of hydrogen-bond donors (Lipinski definition) is 2. The van der Waals surface area contributed by atoms with Crippen LogP contribution in [0.2, 0.25) is 0 Å². The maximum absolute atomic E-state index is 13.4. The van der Waals surface area contributed by atoms with Crippen LogP contribution in [-0.4, -0.2) is 32.1 Å². The first-order valence-electron chi connectivity index (χ1n) is 5.23. The van der Waals surface area contributed by atoms with Crippen LogP contribution in [0.15, 0.2) is 0 Å². The molecule has 0 aromatic carbocycles. The summed E-state index contributed by atoms with van der Waals surface area (Å²) in [6.07, 6.45) is 0.187. The maximum atomic E-state index is 13.4. The van der Waals surface area contributed by atoms with E-state index in [-0.39, 0.29) is 12.8 Å². The highest BCUT2D eigenvalue weighted by Crippen LogP contribution is 2.27. The van der Waals surface area contributed by atoms with Gasteiger partial charge in [-0.15, -0.1) is 0 Å². The summed E-state index contributed by atoms with van der Waals surface area (Å²) in [4.78, 5) is 3.56. The normalized spacial score (nSPS) is 13.6. The van der Waals surface area contributed by atoms with Gasteiger partial charge >= 0.3 is 0 Å². The number of alkyl halides is 2. The van der Waals surface area contributed by atoms with E-state index in [2.05, 4.69) is 4.84 Å². The van der Waals surface area contributed by atoms with Crippen molar-refractivity contribution < 1.29 is 13.7 Å². The van der Waals surface area contributed by atoms with E-state index in [1.807, 2.05) is 27.9 Å². The Balaban J connectivity index is 3.93. The Hall–Kier alpha value is 0.0700. The summed E-state index contributed by atoms with van der Waals surface area (Å²) < 4.78 is 26.7. The lowest BCUT2D eigenvalue weighted by molar-refractivity contribution is -0.859. The molecule has 0 spiro atoms. The molecule has 0 rings (SSSR count). The van der Waals surface area contributed by atoms with E-state index in [4.69, 9.17) is 11.8 Å². The smallest absolute Gasteiger partial charge is 0.253 e. The molecule has 0 saturated carbocycles. The summed E-state index contributed by atoms with van der Waals surface area (Å²) in [6.45, 7) is 4.11. The number of quaternary nitrogens is 1. The predicted molar refractivity (Wildman–Crippen MR) is 59.5 cm³/mol. The van der Waals surface area contributed by atoms with Crippen molar-refractivity contribution in [3.8, 4) is 0 Å². The van der Waals surface area contributed by atoms with Crippen LogP contribution in [-0.2, 0) is 0 Å². The third kappa shape index (κ3) is 7.94. The van der Waals surface area contributed by atoms with Crippen molar-refractivity contribution in [1.29, 1.82) is 0 Å². The van der Waals surface area contributed by atoms with Crippen molar-refractivity contribution in [1.82, 2.24) is 4.84 Å². The van der Waals surface area contributed by atoms with Gasteiger partial charge < -0.3 is 4.90 Å². The molecule has 0 unspecified atom stereocenters. The molecule has 0 radical (unpaired) electrons. The average molecular weight is 244 g/mol. The minimum absolute atomic E-state index is 0.0618. The third-order valence-electron chi connectivity index (χ3n) is 2.36. The number of halogens is 3. The second-order valence-electron chi connectivity index (χ2n) is 5.04. The summed E-state index contributed by atoms with van der Waals surface area (Å²) in [5.41, 5.74) is -0.435. The van der Waals surface area contributed by atoms with Gasteiger partial charge in [0.25, 0.3) is 5.92 Å². The fourth-order valence-corrected chi connectivity index (χ4v) is 1.19. The van der Waals surface area contributed by atoms with Crippen LogP contribution in [0.1, 0.15) is 33.1 Å². The molecular weight excluding hydrogens is 222 g/mol. The summed E-state index contributed by atoms with van der Waals surface area (Å²) in [6, 6.07) is 0. The van der Waals surface area contributed by atoms with E-state index in [0.29, 0.717) is 13.0 Å². The highest BCUT2D eigenvalue weighted by Gasteiger charge is 2.32. The molecule has 5 heteroatoms. The monoisotopic (exact) mass is 243 g/mol. The molecule has 0 heterocycles. The Morgan fingerprint density at radius 1 is 1.13 bits per heavy atom. The lowest BCUT2D eigenvalue weighted by atomic mass is 9.96. The van der Waals surface area contributed by atoms with Gasteiger partial charge in [-0.05, 0) is 32.0 Å². The van der Waals surface area contributed by atoms with Crippen LogP contribution < -0.4 is 9.74 Å². The average Bonchev–Trinajstić information content (AvgIpc) is 2.13. The van der Waals surface area contributed by atoms with E-state index >= 15 is 0 Å². The molecular formula is C10H22ClF2N2+. The molecule has 0 aliphatic heterocycles. The largest absolute Gasteiger partial charge is 0.340 e. The highest BCUT2D eigenvalue weighted by molar-refractivity contribution is 6.13. The molecule has 2 nitrogen and oxygen atoms in total. The Bertz CT molecular complexity index is 184. The molecule has 0 aliphatic carbocycles. The van der Waals surface area contributed by atoms with E-state index < -0.39 is 11.5 Å². The molecule has 0 aliphatic rings. The molecule has 2 N–H and O–H groups in total. The van der Waals surface area contributed by atoms with E-state index in [9.17, 15) is 8.78 Å². The zero-order valence-electron chi connectivity index (χ0n) is 9.96. The van der Waals surface area contributed by atoms with Crippen LogP contribution in [0.3, 0.4) is 0 Å². The van der Waals surface area contributed by atoms with Gasteiger partial charge in [-0.1, -0.05) is 0 Å². The van der Waals surface area contributed by atoms with Crippen molar-refractivity contribution in [2.24, 2.45) is 0 Å². The number of nitrogens with one attached hydrogen (secondary N) is 2. The number of hydrogen-bond acceptors (Lipinski definition) is 1. The molecule has 0 fully saturated rings. The lowest BCUT2D eigenvalue weighted by Gasteiger charge is -2.25. The lowest BCUT2D eigenvalue weighted by Crippen LogP contribution is -3.05. The van der Waals surface area contributed by atoms with Crippen molar-refractivity contribution >= 4 is 11.8 Å². The van der Waals surface area contributed by atoms with Gasteiger partial charge in [0.05, 0.1) is 27.1 Å². The highest BCUT2D eigenvalue weighted by atomic mass is 35.5. The van der Waals surface area contributed by atoms with Gasteiger partial charge in [-0.2, -0.15) is 0 Å². The molecule has 15 heavy (non-hydrogen) atoms. The fraction of sp³-hybridized carbons (Fsp3) is 1.00. The van der Waals surface area contributed by atoms with Crippen LogP contribution >= 0.6 is 11.8 Å². The Morgan fingerprint density at radius 3 is 2.07 bits per heavy atom. The van der Waals surface area contributed by atoms with Gasteiger partial charge in [0.15, 0.2) is 0 Å². The topological polar surface area (TPSA) is 16.5 Å². The maximum Gasteiger partial charge on any atom is 0.253 e. The van der Waals surface area contributed by atoms with Crippen LogP contribution in [0.4, 0.5) is 8.78 Å². The molecule has 92 valence electrons. The van der Waals surface area contributed by atoms with Crippen molar-refractivity contribution in [2.45, 2.75) is 44.6 Å². The predicted octanol–water partition coefficient (Wildman–Crippen LogP) is 1.46. The molecule has 0 atom stereocenters. The van der Waals surface area contributed by atoms with E-state index in [0.717, 1.165) is 4.90 Å². The molecule has 0 aromatic rings. The standard InChI is InChI=1S/C10H21ClF2N2/c1-9(2,14-11)5-6-10(12,13)7-8-15(3)4/h14H,5-8H2,1-4H3/p+1. The Labute approximate surface area is 96.1 Å². The minimum atomic E-state index is -2.58. The first-order valence-corrected chi connectivity index (χ1v) is 5.61. The minimum Gasteiger partial charge on any atom is -0.340 e. The van der Waals surface area contributed by atoms with Crippen LogP contribution in [0.25, 0.3) is 0 Å². The quantitative estimate of drug-likeness (QED) is 0.648. The number of rotatable bonds is 7. The zero-order valence-corrected chi connectivity index (χ0v) is 10.7. The summed E-state index contributed by atoms with van der Waals surface area (Å²) in [5, 5.41) is 0. The van der Waals surface area contributed by atoms with Crippen molar-refractivity contribution in [3.05, 3.63) is 0 Å². The first kappa shape index (κ1) is 15.1. The molecule has 0 aromatic heterocycles. The SMILES string of the molecule is C[NH+](C)CCC(F)(F)CCC(C)(C)NCl. The van der Waals surface area contributed by atoms with Crippen LogP contribution in [0, 0.1) is 0 Å². The van der Waals surface area contributed by atoms with Crippen molar-refractivity contribution in [2.75, 3.05) is 20.6 Å². The van der Waals surface area contributed by atoms with Gasteiger partial charge in [-0.3, -0.25) is 0 Å². The van der Waals surface area contributed by atoms with E-state index in [1.54, 1.807) is 0 Å². The van der Waals surface area contributed by atoms with Gasteiger partial charge in [0, 0.05) is 12.0 Å². The second kappa shape index (κ2) is 5.97. The zero-order chi connectivity index (χ0) is 12.1. The Morgan fingerprint density at radius 2 is 1.67 bits per heavy atom. The van der Waals surface area contributed by atoms with Gasteiger partial charge in [0.2, 0.25) is 0 Å². The summed E-state index contributed by atoms with van der Waals surface area (Å²) in [5.74, 6) is -2.58. The Kier molecular flexibility index (Phi) is 5.99. The second-order valence-corrected chi connectivity index (χ2v) is 5.23. The van der Waals surface area contributed by atoms with Gasteiger partial charge in [-0.25, -0.2) is 13.6 Å². The summed E-state index contributed by atoms with van der Waals surface area (Å²) in [7, 11) is 3.75. The molecule has 0 amide bonds. The fourth-order valence-electron chi connectivity index (χ4n) is 1.10. The van der Waals surface area contributed by atoms with E-state index in [1.165, 1.54) is 0 Å². The third-order valence-corrected chi connectivity index (χ3v) is 2.87. The van der Waals surface area contributed by atoms with Crippen molar-refractivity contribution in [3.63, 3.8) is 0 Å². The van der Waals surface area contributed by atoms with Crippen LogP contribution in [0.5, 0.6) is 0 Å². The first-order chi connectivity index (χ1) is 6.68. The summed E-state index contributed by atoms with van der Waals surface area (Å²) >= 11 is 5.45.